The molecule has 1 heterocycles. The van der Waals surface area contributed by atoms with E-state index >= 15 is 0 Å². The van der Waals surface area contributed by atoms with E-state index in [1.54, 1.807) is 0 Å². The number of nitrogens with one attached hydrogen (secondary N) is 1. The van der Waals surface area contributed by atoms with E-state index in [0.29, 0.717) is 0 Å². The smallest absolute Gasteiger partial charge is 0.390 e. The SMILES string of the molecule is O=S1(=O)CC(O)C(Nc2cc(Cl)cc(C(F)(F)F)c2)C1. The highest BCUT2D eigenvalue weighted by Crippen LogP contribution is 2.33. The van der Waals surface area contributed by atoms with Gasteiger partial charge in [0.05, 0.1) is 29.2 Å². The van der Waals surface area contributed by atoms with Crippen molar-refractivity contribution in [2.45, 2.75) is 18.3 Å². The maximum Gasteiger partial charge on any atom is 0.416 e. The van der Waals surface area contributed by atoms with Crippen molar-refractivity contribution in [1.82, 2.24) is 0 Å². The number of hydrogen-bond donors (Lipinski definition) is 2. The molecule has 1 aliphatic rings. The van der Waals surface area contributed by atoms with Gasteiger partial charge in [-0.1, -0.05) is 11.6 Å². The topological polar surface area (TPSA) is 66.4 Å². The van der Waals surface area contributed by atoms with Crippen LogP contribution in [-0.2, 0) is 16.0 Å². The van der Waals surface area contributed by atoms with Crippen LogP contribution in [0.5, 0.6) is 0 Å². The minimum atomic E-state index is -4.55. The molecule has 0 aromatic heterocycles. The molecule has 2 rings (SSSR count). The van der Waals surface area contributed by atoms with Crippen LogP contribution in [0, 0.1) is 0 Å². The summed E-state index contributed by atoms with van der Waals surface area (Å²) in [4.78, 5) is 0. The molecule has 0 amide bonds. The number of sulfone groups is 1. The molecule has 9 heteroatoms. The van der Waals surface area contributed by atoms with Crippen LogP contribution in [-0.4, -0.2) is 37.2 Å². The van der Waals surface area contributed by atoms with Crippen LogP contribution in [0.3, 0.4) is 0 Å². The van der Waals surface area contributed by atoms with Crippen LogP contribution in [0.2, 0.25) is 5.02 Å². The first-order chi connectivity index (χ1) is 9.07. The Balaban J connectivity index is 2.24. The van der Waals surface area contributed by atoms with E-state index < -0.39 is 39.5 Å². The molecular formula is C11H11ClF3NO3S. The summed E-state index contributed by atoms with van der Waals surface area (Å²) in [6, 6.07) is 1.99. The molecule has 112 valence electrons. The Kier molecular flexibility index (Phi) is 3.92. The molecule has 1 aromatic rings. The van der Waals surface area contributed by atoms with Gasteiger partial charge in [0.2, 0.25) is 0 Å². The van der Waals surface area contributed by atoms with Crippen molar-refractivity contribution in [3.05, 3.63) is 28.8 Å². The average molecular weight is 330 g/mol. The molecule has 1 aromatic carbocycles. The molecule has 20 heavy (non-hydrogen) atoms. The van der Waals surface area contributed by atoms with Gasteiger partial charge in [-0.2, -0.15) is 13.2 Å². The maximum atomic E-state index is 12.6. The van der Waals surface area contributed by atoms with Crippen LogP contribution < -0.4 is 5.32 Å². The van der Waals surface area contributed by atoms with Gasteiger partial charge in [0.25, 0.3) is 0 Å². The number of rotatable bonds is 2. The first kappa shape index (κ1) is 15.4. The third kappa shape index (κ3) is 3.56. The average Bonchev–Trinajstić information content (AvgIpc) is 2.49. The summed E-state index contributed by atoms with van der Waals surface area (Å²) in [5.41, 5.74) is -0.922. The zero-order chi connectivity index (χ0) is 15.1. The molecule has 1 aliphatic heterocycles. The van der Waals surface area contributed by atoms with Crippen LogP contribution in [0.25, 0.3) is 0 Å². The zero-order valence-electron chi connectivity index (χ0n) is 9.98. The number of halogens is 4. The minimum absolute atomic E-state index is 0.0194. The van der Waals surface area contributed by atoms with Crippen molar-refractivity contribution in [2.24, 2.45) is 0 Å². The van der Waals surface area contributed by atoms with Crippen LogP contribution in [0.4, 0.5) is 18.9 Å². The fraction of sp³-hybridized carbons (Fsp3) is 0.455. The second-order valence-electron chi connectivity index (χ2n) is 4.62. The number of anilines is 1. The van der Waals surface area contributed by atoms with E-state index in [4.69, 9.17) is 11.6 Å². The first-order valence-electron chi connectivity index (χ1n) is 5.60. The van der Waals surface area contributed by atoms with Crippen molar-refractivity contribution in [3.8, 4) is 0 Å². The quantitative estimate of drug-likeness (QED) is 0.870. The van der Waals surface area contributed by atoms with Crippen molar-refractivity contribution < 1.29 is 26.7 Å². The Bertz CT molecular complexity index is 618. The lowest BCUT2D eigenvalue weighted by Crippen LogP contribution is -2.31. The number of benzene rings is 1. The van der Waals surface area contributed by atoms with E-state index in [9.17, 15) is 26.7 Å². The van der Waals surface area contributed by atoms with Crippen molar-refractivity contribution in [2.75, 3.05) is 16.8 Å². The zero-order valence-corrected chi connectivity index (χ0v) is 11.6. The molecule has 2 unspecified atom stereocenters. The van der Waals surface area contributed by atoms with Gasteiger partial charge >= 0.3 is 6.18 Å². The van der Waals surface area contributed by atoms with E-state index in [2.05, 4.69) is 5.32 Å². The molecule has 0 aliphatic carbocycles. The molecule has 2 atom stereocenters. The van der Waals surface area contributed by atoms with Gasteiger partial charge in [0.15, 0.2) is 9.84 Å². The van der Waals surface area contributed by atoms with Gasteiger partial charge < -0.3 is 10.4 Å². The Labute approximate surface area is 118 Å². The molecular weight excluding hydrogens is 319 g/mol. The monoisotopic (exact) mass is 329 g/mol. The fourth-order valence-corrected chi connectivity index (χ4v) is 3.99. The fourth-order valence-electron chi connectivity index (χ4n) is 2.02. The Morgan fingerprint density at radius 3 is 2.40 bits per heavy atom. The van der Waals surface area contributed by atoms with Crippen molar-refractivity contribution in [3.63, 3.8) is 0 Å². The first-order valence-corrected chi connectivity index (χ1v) is 7.79. The Morgan fingerprint density at radius 1 is 1.25 bits per heavy atom. The van der Waals surface area contributed by atoms with E-state index in [-0.39, 0.29) is 16.5 Å². The van der Waals surface area contributed by atoms with Gasteiger partial charge in [-0.15, -0.1) is 0 Å². The van der Waals surface area contributed by atoms with Crippen molar-refractivity contribution in [1.29, 1.82) is 0 Å². The summed E-state index contributed by atoms with van der Waals surface area (Å²) in [6.45, 7) is 0. The molecule has 4 nitrogen and oxygen atoms in total. The molecule has 0 radical (unpaired) electrons. The maximum absolute atomic E-state index is 12.6. The lowest BCUT2D eigenvalue weighted by atomic mass is 10.1. The molecule has 0 bridgehead atoms. The Hall–Kier alpha value is -0.990. The third-order valence-electron chi connectivity index (χ3n) is 2.90. The molecule has 0 saturated carbocycles. The lowest BCUT2D eigenvalue weighted by molar-refractivity contribution is -0.137. The summed E-state index contributed by atoms with van der Waals surface area (Å²) in [6.07, 6.45) is -5.71. The van der Waals surface area contributed by atoms with Crippen LogP contribution >= 0.6 is 11.6 Å². The third-order valence-corrected chi connectivity index (χ3v) is 4.83. The summed E-state index contributed by atoms with van der Waals surface area (Å²) in [5, 5.41) is 12.0. The number of alkyl halides is 3. The predicted molar refractivity (Wildman–Crippen MR) is 68.5 cm³/mol. The highest BCUT2D eigenvalue weighted by atomic mass is 35.5. The second-order valence-corrected chi connectivity index (χ2v) is 7.21. The normalized spacial score (nSPS) is 25.6. The molecule has 0 spiro atoms. The predicted octanol–water partition coefficient (Wildman–Crippen LogP) is 1.93. The van der Waals surface area contributed by atoms with Gasteiger partial charge in [-0.3, -0.25) is 0 Å². The summed E-state index contributed by atoms with van der Waals surface area (Å²) < 4.78 is 60.5. The van der Waals surface area contributed by atoms with Gasteiger partial charge in [-0.05, 0) is 18.2 Å². The standard InChI is InChI=1S/C11H11ClF3NO3S/c12-7-1-6(11(13,14)15)2-8(3-7)16-9-4-20(18,19)5-10(9)17/h1-3,9-10,16-17H,4-5H2. The van der Waals surface area contributed by atoms with Crippen LogP contribution in [0.15, 0.2) is 18.2 Å². The molecule has 1 fully saturated rings. The van der Waals surface area contributed by atoms with Gasteiger partial charge in [0.1, 0.15) is 0 Å². The number of hydrogen-bond acceptors (Lipinski definition) is 4. The second kappa shape index (κ2) is 5.09. The van der Waals surface area contributed by atoms with Crippen LogP contribution in [0.1, 0.15) is 5.56 Å². The van der Waals surface area contributed by atoms with E-state index in [0.717, 1.165) is 12.1 Å². The Morgan fingerprint density at radius 2 is 1.90 bits per heavy atom. The highest BCUT2D eigenvalue weighted by Gasteiger charge is 2.37. The lowest BCUT2D eigenvalue weighted by Gasteiger charge is -2.18. The number of aliphatic hydroxyl groups excluding tert-OH is 1. The molecule has 2 N–H and O–H groups in total. The summed E-state index contributed by atoms with van der Waals surface area (Å²) >= 11 is 5.61. The number of aliphatic hydroxyl groups is 1. The highest BCUT2D eigenvalue weighted by molar-refractivity contribution is 7.91. The van der Waals surface area contributed by atoms with Crippen molar-refractivity contribution >= 4 is 27.1 Å². The van der Waals surface area contributed by atoms with E-state index in [1.807, 2.05) is 0 Å². The minimum Gasteiger partial charge on any atom is -0.390 e. The summed E-state index contributed by atoms with van der Waals surface area (Å²) in [7, 11) is -3.38. The largest absolute Gasteiger partial charge is 0.416 e. The van der Waals surface area contributed by atoms with E-state index in [1.165, 1.54) is 6.07 Å². The van der Waals surface area contributed by atoms with Gasteiger partial charge in [0, 0.05) is 10.7 Å². The summed E-state index contributed by atoms with van der Waals surface area (Å²) in [5.74, 6) is -0.737. The van der Waals surface area contributed by atoms with Gasteiger partial charge in [-0.25, -0.2) is 8.42 Å². The molecule has 1 saturated heterocycles.